The monoisotopic (exact) mass is 227 g/mol. The molecule has 3 rings (SSSR count). The molecule has 2 N–H and O–H groups in total. The fraction of sp³-hybridized carbons (Fsp3) is 0.143. The van der Waals surface area contributed by atoms with E-state index >= 15 is 0 Å². The summed E-state index contributed by atoms with van der Waals surface area (Å²) in [4.78, 5) is 0. The molecule has 1 aromatic carbocycles. The topological polar surface area (TPSA) is 52.3 Å². The smallest absolute Gasteiger partial charge is 0.137 e. The molecule has 3 heteroatoms. The molecule has 2 aromatic heterocycles. The highest BCUT2D eigenvalue weighted by atomic mass is 16.3. The van der Waals surface area contributed by atoms with Gasteiger partial charge in [-0.05, 0) is 24.6 Å². The minimum Gasteiger partial charge on any atom is -0.472 e. The molecule has 3 nitrogen and oxygen atoms in total. The van der Waals surface area contributed by atoms with Crippen molar-refractivity contribution < 1.29 is 8.83 Å². The van der Waals surface area contributed by atoms with Crippen LogP contribution in [0, 0.1) is 6.92 Å². The number of rotatable bonds is 2. The third-order valence-corrected chi connectivity index (χ3v) is 2.97. The first-order valence-corrected chi connectivity index (χ1v) is 5.52. The molecule has 0 aliphatic carbocycles. The Morgan fingerprint density at radius 3 is 2.82 bits per heavy atom. The zero-order valence-electron chi connectivity index (χ0n) is 9.51. The Hall–Kier alpha value is -2.00. The van der Waals surface area contributed by atoms with Crippen LogP contribution in [0.4, 0.5) is 0 Å². The minimum absolute atomic E-state index is 0.277. The van der Waals surface area contributed by atoms with Crippen molar-refractivity contribution >= 4 is 11.0 Å². The zero-order chi connectivity index (χ0) is 11.8. The summed E-state index contributed by atoms with van der Waals surface area (Å²) in [7, 11) is 0. The van der Waals surface area contributed by atoms with Gasteiger partial charge in [-0.2, -0.15) is 0 Å². The van der Waals surface area contributed by atoms with Crippen molar-refractivity contribution in [2.75, 3.05) is 0 Å². The molecule has 1 unspecified atom stereocenters. The SMILES string of the molecule is Cc1cccc2cc(C(N)c3ccoc3)oc12. The number of aryl methyl sites for hydroxylation is 1. The molecule has 0 spiro atoms. The van der Waals surface area contributed by atoms with Gasteiger partial charge in [-0.1, -0.05) is 18.2 Å². The summed E-state index contributed by atoms with van der Waals surface area (Å²) in [5.74, 6) is 0.760. The molecule has 0 aliphatic heterocycles. The molecule has 17 heavy (non-hydrogen) atoms. The van der Waals surface area contributed by atoms with E-state index in [1.165, 1.54) is 0 Å². The van der Waals surface area contributed by atoms with Gasteiger partial charge in [-0.25, -0.2) is 0 Å². The zero-order valence-corrected chi connectivity index (χ0v) is 9.51. The Labute approximate surface area is 98.8 Å². The van der Waals surface area contributed by atoms with E-state index in [1.54, 1.807) is 12.5 Å². The second-order valence-corrected chi connectivity index (χ2v) is 4.18. The first kappa shape index (κ1) is 10.2. The molecule has 0 fully saturated rings. The molecule has 0 radical (unpaired) electrons. The summed E-state index contributed by atoms with van der Waals surface area (Å²) in [6.45, 7) is 2.03. The van der Waals surface area contributed by atoms with Crippen molar-refractivity contribution in [2.24, 2.45) is 5.73 Å². The van der Waals surface area contributed by atoms with Crippen LogP contribution >= 0.6 is 0 Å². The van der Waals surface area contributed by atoms with Crippen LogP contribution in [-0.2, 0) is 0 Å². The normalized spacial score (nSPS) is 13.1. The van der Waals surface area contributed by atoms with Crippen LogP contribution in [0.3, 0.4) is 0 Å². The van der Waals surface area contributed by atoms with E-state index in [2.05, 4.69) is 0 Å². The van der Waals surface area contributed by atoms with E-state index < -0.39 is 0 Å². The highest BCUT2D eigenvalue weighted by Gasteiger charge is 2.15. The Balaban J connectivity index is 2.10. The third kappa shape index (κ3) is 1.65. The van der Waals surface area contributed by atoms with Crippen LogP contribution in [-0.4, -0.2) is 0 Å². The minimum atomic E-state index is -0.277. The summed E-state index contributed by atoms with van der Waals surface area (Å²) in [5, 5.41) is 1.08. The Morgan fingerprint density at radius 2 is 2.12 bits per heavy atom. The number of furan rings is 2. The summed E-state index contributed by atoms with van der Waals surface area (Å²) < 4.78 is 10.9. The quantitative estimate of drug-likeness (QED) is 0.730. The number of hydrogen-bond acceptors (Lipinski definition) is 3. The number of hydrogen-bond donors (Lipinski definition) is 1. The Morgan fingerprint density at radius 1 is 1.24 bits per heavy atom. The van der Waals surface area contributed by atoms with Gasteiger partial charge in [0.1, 0.15) is 11.3 Å². The van der Waals surface area contributed by atoms with Crippen LogP contribution < -0.4 is 5.73 Å². The van der Waals surface area contributed by atoms with Crippen molar-refractivity contribution in [3.8, 4) is 0 Å². The molecule has 0 saturated carbocycles. The van der Waals surface area contributed by atoms with Crippen molar-refractivity contribution in [2.45, 2.75) is 13.0 Å². The van der Waals surface area contributed by atoms with E-state index in [4.69, 9.17) is 14.6 Å². The van der Waals surface area contributed by atoms with Crippen LogP contribution in [0.1, 0.15) is 22.9 Å². The third-order valence-electron chi connectivity index (χ3n) is 2.97. The Bertz CT molecular complexity index is 637. The van der Waals surface area contributed by atoms with E-state index in [1.807, 2.05) is 37.3 Å². The lowest BCUT2D eigenvalue weighted by Gasteiger charge is -2.04. The first-order chi connectivity index (χ1) is 8.25. The van der Waals surface area contributed by atoms with Gasteiger partial charge in [0.2, 0.25) is 0 Å². The fourth-order valence-electron chi connectivity index (χ4n) is 2.00. The molecule has 0 amide bonds. The van der Waals surface area contributed by atoms with Crippen LogP contribution in [0.2, 0.25) is 0 Å². The largest absolute Gasteiger partial charge is 0.472 e. The van der Waals surface area contributed by atoms with Crippen molar-refractivity contribution in [1.82, 2.24) is 0 Å². The Kier molecular flexibility index (Phi) is 2.27. The van der Waals surface area contributed by atoms with Crippen LogP contribution in [0.15, 0.2) is 51.7 Å². The molecule has 1 atom stereocenters. The van der Waals surface area contributed by atoms with E-state index in [-0.39, 0.29) is 6.04 Å². The predicted octanol–water partition coefficient (Wildman–Crippen LogP) is 3.38. The predicted molar refractivity (Wildman–Crippen MR) is 65.7 cm³/mol. The molecule has 0 saturated heterocycles. The lowest BCUT2D eigenvalue weighted by molar-refractivity contribution is 0.516. The number of fused-ring (bicyclic) bond motifs is 1. The second kappa shape index (κ2) is 3.79. The van der Waals surface area contributed by atoms with Gasteiger partial charge in [-0.15, -0.1) is 0 Å². The summed E-state index contributed by atoms with van der Waals surface area (Å²) in [5.41, 5.74) is 9.06. The molecular formula is C14H13NO2. The maximum atomic E-state index is 6.12. The van der Waals surface area contributed by atoms with Gasteiger partial charge in [0.25, 0.3) is 0 Å². The molecular weight excluding hydrogens is 214 g/mol. The first-order valence-electron chi connectivity index (χ1n) is 5.52. The highest BCUT2D eigenvalue weighted by molar-refractivity contribution is 5.81. The standard InChI is InChI=1S/C14H13NO2/c1-9-3-2-4-10-7-12(17-14(9)10)13(15)11-5-6-16-8-11/h2-8,13H,15H2,1H3. The van der Waals surface area contributed by atoms with E-state index in [0.717, 1.165) is 27.9 Å². The molecule has 86 valence electrons. The maximum absolute atomic E-state index is 6.12. The average molecular weight is 227 g/mol. The summed E-state index contributed by atoms with van der Waals surface area (Å²) in [6, 6.07) is 9.63. The van der Waals surface area contributed by atoms with Crippen molar-refractivity contribution in [3.63, 3.8) is 0 Å². The lowest BCUT2D eigenvalue weighted by atomic mass is 10.1. The van der Waals surface area contributed by atoms with Gasteiger partial charge in [0, 0.05) is 10.9 Å². The highest BCUT2D eigenvalue weighted by Crippen LogP contribution is 2.28. The average Bonchev–Trinajstić information content (AvgIpc) is 2.98. The summed E-state index contributed by atoms with van der Waals surface area (Å²) in [6.07, 6.45) is 3.26. The van der Waals surface area contributed by atoms with Gasteiger partial charge in [0.15, 0.2) is 0 Å². The molecule has 0 aliphatic rings. The van der Waals surface area contributed by atoms with Crippen LogP contribution in [0.25, 0.3) is 11.0 Å². The van der Waals surface area contributed by atoms with E-state index in [9.17, 15) is 0 Å². The van der Waals surface area contributed by atoms with Gasteiger partial charge >= 0.3 is 0 Å². The molecule has 2 heterocycles. The maximum Gasteiger partial charge on any atom is 0.137 e. The van der Waals surface area contributed by atoms with E-state index in [0.29, 0.717) is 0 Å². The van der Waals surface area contributed by atoms with Gasteiger partial charge in [-0.3, -0.25) is 0 Å². The van der Waals surface area contributed by atoms with Crippen molar-refractivity contribution in [3.05, 3.63) is 59.7 Å². The summed E-state index contributed by atoms with van der Waals surface area (Å²) >= 11 is 0. The molecule has 0 bridgehead atoms. The van der Waals surface area contributed by atoms with Crippen LogP contribution in [0.5, 0.6) is 0 Å². The van der Waals surface area contributed by atoms with Gasteiger partial charge < -0.3 is 14.6 Å². The molecule has 3 aromatic rings. The number of para-hydroxylation sites is 1. The van der Waals surface area contributed by atoms with Gasteiger partial charge in [0.05, 0.1) is 18.6 Å². The van der Waals surface area contributed by atoms with Crippen molar-refractivity contribution in [1.29, 1.82) is 0 Å². The second-order valence-electron chi connectivity index (χ2n) is 4.18. The lowest BCUT2D eigenvalue weighted by Crippen LogP contribution is -2.09. The fourth-order valence-corrected chi connectivity index (χ4v) is 2.00. The number of benzene rings is 1. The number of nitrogens with two attached hydrogens (primary N) is 1.